The number of aromatic hydroxyl groups is 1. The summed E-state index contributed by atoms with van der Waals surface area (Å²) in [6, 6.07) is 14.9. The largest absolute Gasteiger partial charge is 0.508 e. The molecule has 0 saturated carbocycles. The molecule has 0 bridgehead atoms. The minimum Gasteiger partial charge on any atom is -0.508 e. The summed E-state index contributed by atoms with van der Waals surface area (Å²) in [6.07, 6.45) is 2.13. The lowest BCUT2D eigenvalue weighted by Crippen LogP contribution is -2.52. The number of carbonyl (C=O) groups excluding carboxylic acids is 1. The first-order chi connectivity index (χ1) is 13.5. The van der Waals surface area contributed by atoms with E-state index in [4.69, 9.17) is 4.74 Å². The third-order valence-corrected chi connectivity index (χ3v) is 6.07. The topological polar surface area (TPSA) is 70.0 Å². The number of rotatable bonds is 2. The summed E-state index contributed by atoms with van der Waals surface area (Å²) in [5.74, 6) is 0.0473. The molecule has 2 aromatic rings. The second-order valence-electron chi connectivity index (χ2n) is 8.09. The maximum absolute atomic E-state index is 12.9. The molecule has 0 unspecified atom stereocenters. The van der Waals surface area contributed by atoms with E-state index < -0.39 is 6.10 Å². The van der Waals surface area contributed by atoms with E-state index in [1.165, 1.54) is 6.07 Å². The summed E-state index contributed by atoms with van der Waals surface area (Å²) in [6.45, 7) is 3.05. The van der Waals surface area contributed by atoms with Gasteiger partial charge < -0.3 is 19.8 Å². The second kappa shape index (κ2) is 7.57. The summed E-state index contributed by atoms with van der Waals surface area (Å²) >= 11 is 0. The van der Waals surface area contributed by atoms with Crippen LogP contribution in [-0.2, 0) is 4.74 Å². The second-order valence-corrected chi connectivity index (χ2v) is 8.09. The summed E-state index contributed by atoms with van der Waals surface area (Å²) in [5.41, 5.74) is 2.11. The van der Waals surface area contributed by atoms with Gasteiger partial charge in [-0.2, -0.15) is 0 Å². The molecule has 2 saturated heterocycles. The molecular weight excluding hydrogens is 354 g/mol. The number of piperidine rings is 1. The van der Waals surface area contributed by atoms with Crippen LogP contribution < -0.4 is 0 Å². The standard InChI is InChI=1S/C23H27NO4/c1-16-7-8-18(25)13-20(16)22(27)24-11-9-23(10-12-24)15-19(26)14-21(28-23)17-5-3-2-4-6-17/h2-8,13,19,21,25-26H,9-12,14-15H2,1H3/t19-,21-/m1/s1. The molecule has 2 aromatic carbocycles. The smallest absolute Gasteiger partial charge is 0.254 e. The zero-order valence-corrected chi connectivity index (χ0v) is 16.2. The van der Waals surface area contributed by atoms with Crippen molar-refractivity contribution in [3.05, 3.63) is 65.2 Å². The Kier molecular flexibility index (Phi) is 5.13. The molecular formula is C23H27NO4. The van der Waals surface area contributed by atoms with Crippen LogP contribution in [0.3, 0.4) is 0 Å². The first-order valence-electron chi connectivity index (χ1n) is 9.95. The van der Waals surface area contributed by atoms with Crippen molar-refractivity contribution in [2.45, 2.75) is 50.4 Å². The number of benzene rings is 2. The number of aryl methyl sites for hydroxylation is 1. The maximum atomic E-state index is 12.9. The molecule has 0 radical (unpaired) electrons. The molecule has 5 nitrogen and oxygen atoms in total. The average molecular weight is 381 g/mol. The first kappa shape index (κ1) is 19.0. The summed E-state index contributed by atoms with van der Waals surface area (Å²) in [5, 5.41) is 20.2. The SMILES string of the molecule is Cc1ccc(O)cc1C(=O)N1CCC2(CC1)C[C@H](O)C[C@H](c1ccccc1)O2. The number of likely N-dealkylation sites (tertiary alicyclic amines) is 1. The summed E-state index contributed by atoms with van der Waals surface area (Å²) in [7, 11) is 0. The Morgan fingerprint density at radius 1 is 1.14 bits per heavy atom. The highest BCUT2D eigenvalue weighted by Gasteiger charge is 2.44. The van der Waals surface area contributed by atoms with Crippen LogP contribution in [0.2, 0.25) is 0 Å². The number of hydrogen-bond donors (Lipinski definition) is 2. The maximum Gasteiger partial charge on any atom is 0.254 e. The molecule has 28 heavy (non-hydrogen) atoms. The molecule has 5 heteroatoms. The van der Waals surface area contributed by atoms with Crippen LogP contribution in [0, 0.1) is 6.92 Å². The van der Waals surface area contributed by atoms with Gasteiger partial charge in [0.05, 0.1) is 17.8 Å². The van der Waals surface area contributed by atoms with Crippen molar-refractivity contribution in [1.82, 2.24) is 4.90 Å². The zero-order chi connectivity index (χ0) is 19.7. The molecule has 1 amide bonds. The fraction of sp³-hybridized carbons (Fsp3) is 0.435. The van der Waals surface area contributed by atoms with Gasteiger partial charge in [0.2, 0.25) is 0 Å². The van der Waals surface area contributed by atoms with E-state index in [0.29, 0.717) is 44.3 Å². The highest BCUT2D eigenvalue weighted by Crippen LogP contribution is 2.43. The lowest BCUT2D eigenvalue weighted by Gasteiger charge is -2.48. The van der Waals surface area contributed by atoms with Gasteiger partial charge in [0.1, 0.15) is 5.75 Å². The Labute approximate surface area is 165 Å². The number of phenolic OH excluding ortho intramolecular Hbond substituents is 1. The van der Waals surface area contributed by atoms with Gasteiger partial charge in [-0.3, -0.25) is 4.79 Å². The minimum absolute atomic E-state index is 0.0563. The molecule has 2 aliphatic heterocycles. The van der Waals surface area contributed by atoms with E-state index in [0.717, 1.165) is 11.1 Å². The van der Waals surface area contributed by atoms with Crippen molar-refractivity contribution in [2.24, 2.45) is 0 Å². The minimum atomic E-state index is -0.394. The Hall–Kier alpha value is -2.37. The number of ether oxygens (including phenoxy) is 1. The molecule has 2 N–H and O–H groups in total. The van der Waals surface area contributed by atoms with Gasteiger partial charge in [-0.1, -0.05) is 36.4 Å². The molecule has 1 spiro atoms. The van der Waals surface area contributed by atoms with Crippen molar-refractivity contribution >= 4 is 5.91 Å². The molecule has 2 atom stereocenters. The quantitative estimate of drug-likeness (QED) is 0.834. The Morgan fingerprint density at radius 2 is 1.86 bits per heavy atom. The Bertz CT molecular complexity index is 843. The molecule has 0 aromatic heterocycles. The van der Waals surface area contributed by atoms with Crippen molar-refractivity contribution in [3.8, 4) is 5.75 Å². The van der Waals surface area contributed by atoms with E-state index in [1.807, 2.05) is 42.2 Å². The van der Waals surface area contributed by atoms with Crippen LogP contribution in [0.1, 0.15) is 53.3 Å². The van der Waals surface area contributed by atoms with Crippen LogP contribution in [-0.4, -0.2) is 45.8 Å². The van der Waals surface area contributed by atoms with Crippen LogP contribution in [0.15, 0.2) is 48.5 Å². The number of aliphatic hydroxyl groups is 1. The van der Waals surface area contributed by atoms with E-state index in [2.05, 4.69) is 0 Å². The lowest BCUT2D eigenvalue weighted by molar-refractivity contribution is -0.181. The summed E-state index contributed by atoms with van der Waals surface area (Å²) in [4.78, 5) is 14.7. The van der Waals surface area contributed by atoms with E-state index >= 15 is 0 Å². The Balaban J connectivity index is 1.46. The average Bonchev–Trinajstić information content (AvgIpc) is 2.70. The monoisotopic (exact) mass is 381 g/mol. The van der Waals surface area contributed by atoms with E-state index in [9.17, 15) is 15.0 Å². The first-order valence-corrected chi connectivity index (χ1v) is 9.95. The molecule has 4 rings (SSSR count). The van der Waals surface area contributed by atoms with Gasteiger partial charge in [-0.15, -0.1) is 0 Å². The number of amides is 1. The molecule has 2 aliphatic rings. The van der Waals surface area contributed by atoms with E-state index in [-0.39, 0.29) is 23.4 Å². The lowest BCUT2D eigenvalue weighted by atomic mass is 9.80. The third-order valence-electron chi connectivity index (χ3n) is 6.07. The van der Waals surface area contributed by atoms with Crippen LogP contribution in [0.4, 0.5) is 0 Å². The molecule has 2 heterocycles. The van der Waals surface area contributed by atoms with Crippen LogP contribution in [0.5, 0.6) is 5.75 Å². The fourth-order valence-corrected chi connectivity index (χ4v) is 4.48. The number of carbonyl (C=O) groups is 1. The van der Waals surface area contributed by atoms with Crippen molar-refractivity contribution in [2.75, 3.05) is 13.1 Å². The van der Waals surface area contributed by atoms with Gasteiger partial charge in [-0.05, 0) is 43.0 Å². The van der Waals surface area contributed by atoms with Gasteiger partial charge in [0.15, 0.2) is 0 Å². The van der Waals surface area contributed by atoms with Gasteiger partial charge in [0, 0.05) is 31.5 Å². The predicted molar refractivity (Wildman–Crippen MR) is 106 cm³/mol. The number of nitrogens with zero attached hydrogens (tertiary/aromatic N) is 1. The van der Waals surface area contributed by atoms with Gasteiger partial charge in [0.25, 0.3) is 5.91 Å². The zero-order valence-electron chi connectivity index (χ0n) is 16.2. The van der Waals surface area contributed by atoms with Crippen molar-refractivity contribution in [1.29, 1.82) is 0 Å². The van der Waals surface area contributed by atoms with Crippen LogP contribution in [0.25, 0.3) is 0 Å². The molecule has 2 fully saturated rings. The van der Waals surface area contributed by atoms with Crippen molar-refractivity contribution in [3.63, 3.8) is 0 Å². The van der Waals surface area contributed by atoms with E-state index in [1.54, 1.807) is 12.1 Å². The number of phenols is 1. The predicted octanol–water partition coefficient (Wildman–Crippen LogP) is 3.59. The van der Waals surface area contributed by atoms with Crippen LogP contribution >= 0.6 is 0 Å². The summed E-state index contributed by atoms with van der Waals surface area (Å²) < 4.78 is 6.51. The van der Waals surface area contributed by atoms with Gasteiger partial charge in [-0.25, -0.2) is 0 Å². The Morgan fingerprint density at radius 3 is 2.57 bits per heavy atom. The van der Waals surface area contributed by atoms with Gasteiger partial charge >= 0.3 is 0 Å². The molecule has 148 valence electrons. The number of aliphatic hydroxyl groups excluding tert-OH is 1. The van der Waals surface area contributed by atoms with Crippen molar-refractivity contribution < 1.29 is 19.7 Å². The molecule has 0 aliphatic carbocycles. The normalized spacial score (nSPS) is 24.3. The fourth-order valence-electron chi connectivity index (χ4n) is 4.48. The highest BCUT2D eigenvalue weighted by atomic mass is 16.5. The third kappa shape index (κ3) is 3.77. The number of hydrogen-bond acceptors (Lipinski definition) is 4. The highest BCUT2D eigenvalue weighted by molar-refractivity contribution is 5.96.